The van der Waals surface area contributed by atoms with Crippen molar-refractivity contribution in [1.29, 1.82) is 0 Å². The van der Waals surface area contributed by atoms with Crippen LogP contribution in [-0.2, 0) is 0 Å². The SMILES string of the molecule is Cc1nc(N2C[C@@H]3C[C@H]2CN3)cc(-n2ncc3cc(C)c(C4CCC(C)(O)CC4)cc32)n1. The van der Waals surface area contributed by atoms with Crippen LogP contribution in [0.5, 0.6) is 0 Å². The number of anilines is 1. The van der Waals surface area contributed by atoms with Gasteiger partial charge >= 0.3 is 0 Å². The maximum atomic E-state index is 10.4. The van der Waals surface area contributed by atoms with E-state index in [1.54, 1.807) is 0 Å². The lowest BCUT2D eigenvalue weighted by Gasteiger charge is -2.34. The Morgan fingerprint density at radius 1 is 1.09 bits per heavy atom. The minimum absolute atomic E-state index is 0.485. The van der Waals surface area contributed by atoms with E-state index >= 15 is 0 Å². The van der Waals surface area contributed by atoms with Gasteiger partial charge in [0.1, 0.15) is 11.6 Å². The van der Waals surface area contributed by atoms with Crippen molar-refractivity contribution in [1.82, 2.24) is 25.1 Å². The fourth-order valence-corrected chi connectivity index (χ4v) is 6.01. The molecule has 7 heteroatoms. The van der Waals surface area contributed by atoms with Crippen molar-refractivity contribution >= 4 is 16.7 Å². The van der Waals surface area contributed by atoms with Crippen LogP contribution in [0, 0.1) is 13.8 Å². The largest absolute Gasteiger partial charge is 0.390 e. The molecule has 2 bridgehead atoms. The van der Waals surface area contributed by atoms with E-state index in [-0.39, 0.29) is 0 Å². The van der Waals surface area contributed by atoms with E-state index in [1.165, 1.54) is 17.5 Å². The molecule has 32 heavy (non-hydrogen) atoms. The summed E-state index contributed by atoms with van der Waals surface area (Å²) in [5.74, 6) is 3.10. The molecule has 1 aromatic carbocycles. The molecule has 3 fully saturated rings. The Balaban J connectivity index is 1.38. The van der Waals surface area contributed by atoms with Gasteiger partial charge in [0.05, 0.1) is 17.3 Å². The Morgan fingerprint density at radius 2 is 1.88 bits per heavy atom. The van der Waals surface area contributed by atoms with Crippen molar-refractivity contribution in [3.05, 3.63) is 41.3 Å². The minimum atomic E-state index is -0.518. The number of benzene rings is 1. The fourth-order valence-electron chi connectivity index (χ4n) is 6.01. The lowest BCUT2D eigenvalue weighted by atomic mass is 9.76. The number of rotatable bonds is 3. The van der Waals surface area contributed by atoms with E-state index in [1.807, 2.05) is 24.7 Å². The average Bonchev–Trinajstić information content (AvgIpc) is 3.48. The highest BCUT2D eigenvalue weighted by atomic mass is 16.3. The predicted molar refractivity (Wildman–Crippen MR) is 126 cm³/mol. The van der Waals surface area contributed by atoms with Crippen LogP contribution in [-0.4, -0.2) is 55.6 Å². The second kappa shape index (κ2) is 7.25. The summed E-state index contributed by atoms with van der Waals surface area (Å²) in [5, 5.41) is 19.8. The highest BCUT2D eigenvalue weighted by molar-refractivity contribution is 5.82. The van der Waals surface area contributed by atoms with Crippen molar-refractivity contribution in [2.45, 2.75) is 76.5 Å². The third-order valence-corrected chi connectivity index (χ3v) is 7.84. The van der Waals surface area contributed by atoms with E-state index in [4.69, 9.17) is 15.1 Å². The molecule has 0 spiro atoms. The maximum Gasteiger partial charge on any atom is 0.159 e. The Morgan fingerprint density at radius 3 is 2.59 bits per heavy atom. The van der Waals surface area contributed by atoms with E-state index in [0.29, 0.717) is 18.0 Å². The van der Waals surface area contributed by atoms with Gasteiger partial charge in [0.2, 0.25) is 0 Å². The first-order chi connectivity index (χ1) is 15.4. The molecule has 1 aliphatic carbocycles. The minimum Gasteiger partial charge on any atom is -0.390 e. The third kappa shape index (κ3) is 3.39. The normalized spacial score (nSPS) is 29.9. The summed E-state index contributed by atoms with van der Waals surface area (Å²) in [6.07, 6.45) is 6.90. The molecule has 6 rings (SSSR count). The van der Waals surface area contributed by atoms with Gasteiger partial charge in [-0.15, -0.1) is 0 Å². The summed E-state index contributed by atoms with van der Waals surface area (Å²) in [6.45, 7) is 8.17. The first kappa shape index (κ1) is 20.1. The molecule has 2 N–H and O–H groups in total. The molecule has 3 aromatic rings. The Hall–Kier alpha value is -2.51. The molecule has 168 valence electrons. The summed E-state index contributed by atoms with van der Waals surface area (Å²) >= 11 is 0. The van der Waals surface area contributed by atoms with Crippen molar-refractivity contribution < 1.29 is 5.11 Å². The van der Waals surface area contributed by atoms with Gasteiger partial charge in [-0.2, -0.15) is 5.10 Å². The Bertz CT molecular complexity index is 1170. The molecule has 0 unspecified atom stereocenters. The maximum absolute atomic E-state index is 10.4. The van der Waals surface area contributed by atoms with E-state index in [2.05, 4.69) is 35.3 Å². The summed E-state index contributed by atoms with van der Waals surface area (Å²) in [6, 6.07) is 7.75. The number of piperazine rings is 1. The lowest BCUT2D eigenvalue weighted by Crippen LogP contribution is -2.44. The Kier molecular flexibility index (Phi) is 4.56. The molecule has 7 nitrogen and oxygen atoms in total. The second-order valence-electron chi connectivity index (χ2n) is 10.4. The van der Waals surface area contributed by atoms with Crippen molar-refractivity contribution in [3.63, 3.8) is 0 Å². The number of hydrogen-bond acceptors (Lipinski definition) is 6. The van der Waals surface area contributed by atoms with Gasteiger partial charge in [0.25, 0.3) is 0 Å². The van der Waals surface area contributed by atoms with Crippen molar-refractivity contribution in [3.8, 4) is 5.82 Å². The molecule has 3 aliphatic rings. The summed E-state index contributed by atoms with van der Waals surface area (Å²) in [5.41, 5.74) is 3.26. The first-order valence-electron chi connectivity index (χ1n) is 11.9. The number of aryl methyl sites for hydroxylation is 2. The number of nitrogens with one attached hydrogen (secondary N) is 1. The zero-order valence-corrected chi connectivity index (χ0v) is 19.2. The van der Waals surface area contributed by atoms with Gasteiger partial charge in [-0.1, -0.05) is 0 Å². The van der Waals surface area contributed by atoms with Crippen LogP contribution in [0.15, 0.2) is 24.4 Å². The third-order valence-electron chi connectivity index (χ3n) is 7.84. The van der Waals surface area contributed by atoms with Crippen LogP contribution < -0.4 is 10.2 Å². The molecule has 2 aliphatic heterocycles. The van der Waals surface area contributed by atoms with E-state index in [9.17, 15) is 5.11 Å². The number of fused-ring (bicyclic) bond motifs is 3. The average molecular weight is 433 g/mol. The van der Waals surface area contributed by atoms with Gasteiger partial charge in [0, 0.05) is 36.6 Å². The smallest absolute Gasteiger partial charge is 0.159 e. The molecular weight excluding hydrogens is 400 g/mol. The summed E-state index contributed by atoms with van der Waals surface area (Å²) in [4.78, 5) is 11.9. The molecule has 2 atom stereocenters. The Labute approximate surface area is 188 Å². The lowest BCUT2D eigenvalue weighted by molar-refractivity contribution is 0.0171. The highest BCUT2D eigenvalue weighted by Crippen LogP contribution is 2.40. The monoisotopic (exact) mass is 432 g/mol. The fraction of sp³-hybridized carbons (Fsp3) is 0.560. The molecular formula is C25H32N6O. The van der Waals surface area contributed by atoms with Gasteiger partial charge in [-0.05, 0) is 82.1 Å². The van der Waals surface area contributed by atoms with Crippen molar-refractivity contribution in [2.24, 2.45) is 0 Å². The quantitative estimate of drug-likeness (QED) is 0.661. The van der Waals surface area contributed by atoms with Crippen LogP contribution in [0.3, 0.4) is 0 Å². The number of aromatic nitrogens is 4. The zero-order chi connectivity index (χ0) is 22.0. The first-order valence-corrected chi connectivity index (χ1v) is 11.9. The zero-order valence-electron chi connectivity index (χ0n) is 19.2. The van der Waals surface area contributed by atoms with Gasteiger partial charge < -0.3 is 15.3 Å². The predicted octanol–water partition coefficient (Wildman–Crippen LogP) is 3.39. The van der Waals surface area contributed by atoms with Crippen LogP contribution in [0.2, 0.25) is 0 Å². The number of hydrogen-bond donors (Lipinski definition) is 2. The van der Waals surface area contributed by atoms with Crippen molar-refractivity contribution in [2.75, 3.05) is 18.0 Å². The van der Waals surface area contributed by atoms with Gasteiger partial charge in [-0.3, -0.25) is 0 Å². The van der Waals surface area contributed by atoms with Crippen LogP contribution >= 0.6 is 0 Å². The molecule has 0 radical (unpaired) electrons. The van der Waals surface area contributed by atoms with E-state index < -0.39 is 5.60 Å². The summed E-state index contributed by atoms with van der Waals surface area (Å²) < 4.78 is 1.97. The summed E-state index contributed by atoms with van der Waals surface area (Å²) in [7, 11) is 0. The topological polar surface area (TPSA) is 79.1 Å². The van der Waals surface area contributed by atoms with Crippen LogP contribution in [0.4, 0.5) is 5.82 Å². The van der Waals surface area contributed by atoms with Gasteiger partial charge in [0.15, 0.2) is 5.82 Å². The molecule has 0 amide bonds. The second-order valence-corrected chi connectivity index (χ2v) is 10.4. The van der Waals surface area contributed by atoms with Crippen LogP contribution in [0.1, 0.15) is 61.9 Å². The standard InChI is InChI=1S/C25H32N6O/c1-15-8-18-12-27-31(22(18)10-21(15)17-4-6-25(3,32)7-5-17)24-11-23(28-16(2)29-24)30-14-19-9-20(30)13-26-19/h8,10-12,17,19-20,26,32H,4-7,9,13-14H2,1-3H3/t17?,19-,20-,25?/m0/s1. The van der Waals surface area contributed by atoms with Gasteiger partial charge in [-0.25, -0.2) is 14.6 Å². The highest BCUT2D eigenvalue weighted by Gasteiger charge is 2.38. The molecule has 2 aromatic heterocycles. The van der Waals surface area contributed by atoms with E-state index in [0.717, 1.165) is 67.1 Å². The molecule has 4 heterocycles. The van der Waals surface area contributed by atoms with Crippen LogP contribution in [0.25, 0.3) is 16.7 Å². The number of nitrogens with zero attached hydrogens (tertiary/aromatic N) is 5. The number of aliphatic hydroxyl groups is 1. The molecule has 1 saturated carbocycles. The molecule has 2 saturated heterocycles.